The molecule has 24 heavy (non-hydrogen) atoms. The molecule has 140 valence electrons. The maximum atomic E-state index is 11.7. The van der Waals surface area contributed by atoms with E-state index in [0.717, 1.165) is 38.4 Å². The second-order valence-corrected chi connectivity index (χ2v) is 7.97. The Morgan fingerprint density at radius 2 is 1.79 bits per heavy atom. The maximum Gasteiger partial charge on any atom is 0.303 e. The number of aliphatic carboxylic acids is 1. The van der Waals surface area contributed by atoms with Crippen LogP contribution in [0.4, 0.5) is 0 Å². The molecule has 0 fully saturated rings. The highest BCUT2D eigenvalue weighted by molar-refractivity contribution is 7.88. The minimum Gasteiger partial charge on any atom is -0.481 e. The summed E-state index contributed by atoms with van der Waals surface area (Å²) in [5.41, 5.74) is 0. The lowest BCUT2D eigenvalue weighted by molar-refractivity contribution is -0.137. The van der Waals surface area contributed by atoms with Crippen molar-refractivity contribution in [1.29, 1.82) is 0 Å². The first kappa shape index (κ1) is 22.9. The van der Waals surface area contributed by atoms with E-state index in [0.29, 0.717) is 25.8 Å². The Hall–Kier alpha value is -1.10. The van der Waals surface area contributed by atoms with Crippen LogP contribution in [0.2, 0.25) is 0 Å². The van der Waals surface area contributed by atoms with Gasteiger partial charge in [-0.25, -0.2) is 8.42 Å². The van der Waals surface area contributed by atoms with Crippen molar-refractivity contribution in [3.8, 4) is 11.8 Å². The Bertz CT molecular complexity index is 507. The van der Waals surface area contributed by atoms with Gasteiger partial charge in [0.15, 0.2) is 0 Å². The fourth-order valence-corrected chi connectivity index (χ4v) is 2.95. The highest BCUT2D eigenvalue weighted by atomic mass is 32.2. The second-order valence-electron chi connectivity index (χ2n) is 5.99. The molecule has 0 aromatic heterocycles. The summed E-state index contributed by atoms with van der Waals surface area (Å²) in [6.07, 6.45) is 7.10. The first-order valence-electron chi connectivity index (χ1n) is 8.60. The van der Waals surface area contributed by atoms with Crippen LogP contribution in [-0.2, 0) is 14.8 Å². The van der Waals surface area contributed by atoms with Crippen LogP contribution in [0.15, 0.2) is 0 Å². The molecule has 1 unspecified atom stereocenters. The maximum absolute atomic E-state index is 11.7. The van der Waals surface area contributed by atoms with E-state index in [9.17, 15) is 18.3 Å². The number of hydrogen-bond donors (Lipinski definition) is 2. The number of carbonyl (C=O) groups is 1. The molecule has 0 aliphatic rings. The van der Waals surface area contributed by atoms with Crippen LogP contribution in [0.3, 0.4) is 0 Å². The molecule has 0 aliphatic heterocycles. The molecule has 6 nitrogen and oxygen atoms in total. The van der Waals surface area contributed by atoms with E-state index < -0.39 is 22.1 Å². The minimum absolute atomic E-state index is 0.0821. The van der Waals surface area contributed by atoms with Crippen molar-refractivity contribution in [3.05, 3.63) is 0 Å². The Morgan fingerprint density at radius 1 is 1.12 bits per heavy atom. The summed E-state index contributed by atoms with van der Waals surface area (Å²) in [5.74, 6) is 4.65. The van der Waals surface area contributed by atoms with Gasteiger partial charge >= 0.3 is 5.97 Å². The van der Waals surface area contributed by atoms with Gasteiger partial charge in [0.1, 0.15) is 6.10 Å². The Balaban J connectivity index is 4.18. The van der Waals surface area contributed by atoms with Crippen molar-refractivity contribution in [2.45, 2.75) is 70.8 Å². The number of carboxylic acids is 1. The average molecular weight is 362 g/mol. The molecule has 0 spiro atoms. The SMILES string of the molecule is CCCCCC(O)C#CCN(CCCCCCC(=O)O)S(C)(=O)=O. The third-order valence-electron chi connectivity index (χ3n) is 3.62. The number of aliphatic hydroxyl groups excluding tert-OH is 1. The van der Waals surface area contributed by atoms with Crippen LogP contribution in [0, 0.1) is 11.8 Å². The van der Waals surface area contributed by atoms with Crippen molar-refractivity contribution in [2.75, 3.05) is 19.3 Å². The lowest BCUT2D eigenvalue weighted by Gasteiger charge is -2.17. The summed E-state index contributed by atoms with van der Waals surface area (Å²) >= 11 is 0. The molecule has 0 saturated carbocycles. The monoisotopic (exact) mass is 361 g/mol. The predicted molar refractivity (Wildman–Crippen MR) is 95.1 cm³/mol. The van der Waals surface area contributed by atoms with E-state index in [-0.39, 0.29) is 13.0 Å². The Labute approximate surface area is 146 Å². The number of carboxylic acid groups (broad SMARTS) is 1. The van der Waals surface area contributed by atoms with Crippen molar-refractivity contribution < 1.29 is 23.4 Å². The number of hydrogen-bond acceptors (Lipinski definition) is 4. The summed E-state index contributed by atoms with van der Waals surface area (Å²) in [5, 5.41) is 18.3. The second kappa shape index (κ2) is 13.2. The summed E-state index contributed by atoms with van der Waals surface area (Å²) in [6, 6.07) is 0. The molecule has 0 amide bonds. The highest BCUT2D eigenvalue weighted by Gasteiger charge is 2.14. The summed E-state index contributed by atoms with van der Waals surface area (Å²) in [4.78, 5) is 10.4. The smallest absolute Gasteiger partial charge is 0.303 e. The highest BCUT2D eigenvalue weighted by Crippen LogP contribution is 2.07. The number of unbranched alkanes of at least 4 members (excludes halogenated alkanes) is 5. The van der Waals surface area contributed by atoms with Crippen LogP contribution in [-0.4, -0.2) is 54.4 Å². The van der Waals surface area contributed by atoms with Gasteiger partial charge < -0.3 is 10.2 Å². The number of nitrogens with zero attached hydrogens (tertiary/aromatic N) is 1. The largest absolute Gasteiger partial charge is 0.481 e. The molecule has 0 heterocycles. The van der Waals surface area contributed by atoms with E-state index in [1.54, 1.807) is 0 Å². The van der Waals surface area contributed by atoms with Gasteiger partial charge in [-0.05, 0) is 25.7 Å². The summed E-state index contributed by atoms with van der Waals surface area (Å²) in [6.45, 7) is 2.54. The van der Waals surface area contributed by atoms with Gasteiger partial charge in [-0.1, -0.05) is 44.4 Å². The third kappa shape index (κ3) is 13.3. The topological polar surface area (TPSA) is 94.9 Å². The molecule has 0 aliphatic carbocycles. The fourth-order valence-electron chi connectivity index (χ4n) is 2.19. The van der Waals surface area contributed by atoms with Gasteiger partial charge in [0.25, 0.3) is 0 Å². The molecule has 0 rings (SSSR count). The fraction of sp³-hybridized carbons (Fsp3) is 0.824. The molecule has 0 radical (unpaired) electrons. The van der Waals surface area contributed by atoms with Gasteiger partial charge in [0, 0.05) is 13.0 Å². The minimum atomic E-state index is -3.33. The molecular formula is C17H31NO5S. The first-order valence-corrected chi connectivity index (χ1v) is 10.5. The molecule has 7 heteroatoms. The zero-order valence-electron chi connectivity index (χ0n) is 14.8. The van der Waals surface area contributed by atoms with Gasteiger partial charge in [-0.15, -0.1) is 0 Å². The van der Waals surface area contributed by atoms with Crippen LogP contribution >= 0.6 is 0 Å². The molecule has 0 aromatic carbocycles. The number of rotatable bonds is 13. The molecule has 0 saturated heterocycles. The van der Waals surface area contributed by atoms with E-state index in [2.05, 4.69) is 18.8 Å². The molecule has 0 bridgehead atoms. The lowest BCUT2D eigenvalue weighted by atomic mass is 10.1. The van der Waals surface area contributed by atoms with Crippen LogP contribution in [0.5, 0.6) is 0 Å². The number of aliphatic hydroxyl groups is 1. The third-order valence-corrected chi connectivity index (χ3v) is 4.87. The van der Waals surface area contributed by atoms with Crippen molar-refractivity contribution in [1.82, 2.24) is 4.31 Å². The van der Waals surface area contributed by atoms with Crippen LogP contribution in [0.1, 0.15) is 64.7 Å². The Kier molecular flexibility index (Phi) is 12.6. The average Bonchev–Trinajstić information content (AvgIpc) is 2.47. The first-order chi connectivity index (χ1) is 11.3. The quantitative estimate of drug-likeness (QED) is 0.387. The molecule has 1 atom stereocenters. The standard InChI is InChI=1S/C17H31NO5S/c1-3-4-7-11-16(19)12-10-15-18(24(2,22)23)14-9-6-5-8-13-17(20)21/h16,19H,3-9,11,13-15H2,1-2H3,(H,20,21). The van der Waals surface area contributed by atoms with Gasteiger partial charge in [0.05, 0.1) is 12.8 Å². The van der Waals surface area contributed by atoms with Crippen LogP contribution < -0.4 is 0 Å². The summed E-state index contributed by atoms with van der Waals surface area (Å²) < 4.78 is 24.8. The molecular weight excluding hydrogens is 330 g/mol. The van der Waals surface area contributed by atoms with Crippen molar-refractivity contribution >= 4 is 16.0 Å². The van der Waals surface area contributed by atoms with Crippen molar-refractivity contribution in [2.24, 2.45) is 0 Å². The van der Waals surface area contributed by atoms with E-state index in [4.69, 9.17) is 5.11 Å². The van der Waals surface area contributed by atoms with Gasteiger partial charge in [-0.3, -0.25) is 4.79 Å². The molecule has 0 aromatic rings. The van der Waals surface area contributed by atoms with Gasteiger partial charge in [0.2, 0.25) is 10.0 Å². The van der Waals surface area contributed by atoms with Crippen molar-refractivity contribution in [3.63, 3.8) is 0 Å². The van der Waals surface area contributed by atoms with E-state index in [1.807, 2.05) is 0 Å². The Morgan fingerprint density at radius 3 is 2.38 bits per heavy atom. The predicted octanol–water partition coefficient (Wildman–Crippen LogP) is 2.23. The zero-order chi connectivity index (χ0) is 18.4. The van der Waals surface area contributed by atoms with Gasteiger partial charge in [-0.2, -0.15) is 4.31 Å². The molecule has 2 N–H and O–H groups in total. The zero-order valence-corrected chi connectivity index (χ0v) is 15.6. The van der Waals surface area contributed by atoms with Crippen LogP contribution in [0.25, 0.3) is 0 Å². The van der Waals surface area contributed by atoms with E-state index in [1.165, 1.54) is 4.31 Å². The van der Waals surface area contributed by atoms with E-state index >= 15 is 0 Å². The lowest BCUT2D eigenvalue weighted by Crippen LogP contribution is -2.31. The normalized spacial score (nSPS) is 12.7. The number of sulfonamides is 1. The summed E-state index contributed by atoms with van der Waals surface area (Å²) in [7, 11) is -3.33.